The standard InChI is InChI=1S/C10H19ClN2O/c1-10(2,3)13-9(14)8-12-7-5-4-6-11/h4-5,12H,6-8H2,1-3H3,(H,13,14)/b5-4+. The van der Waals surface area contributed by atoms with E-state index in [9.17, 15) is 4.79 Å². The molecule has 0 unspecified atom stereocenters. The minimum absolute atomic E-state index is 0.0109. The summed E-state index contributed by atoms with van der Waals surface area (Å²) >= 11 is 5.44. The average molecular weight is 219 g/mol. The maximum Gasteiger partial charge on any atom is 0.234 e. The largest absolute Gasteiger partial charge is 0.350 e. The zero-order chi connectivity index (χ0) is 11.0. The molecule has 0 aliphatic rings. The first-order valence-corrected chi connectivity index (χ1v) is 5.22. The van der Waals surface area contributed by atoms with Gasteiger partial charge in [-0.2, -0.15) is 0 Å². The van der Waals surface area contributed by atoms with Crippen LogP contribution in [0.25, 0.3) is 0 Å². The van der Waals surface area contributed by atoms with Crippen molar-refractivity contribution in [3.05, 3.63) is 12.2 Å². The number of rotatable bonds is 5. The molecule has 0 spiro atoms. The van der Waals surface area contributed by atoms with Crippen LogP contribution in [0.4, 0.5) is 0 Å². The van der Waals surface area contributed by atoms with Crippen molar-refractivity contribution in [1.82, 2.24) is 10.6 Å². The minimum atomic E-state index is -0.162. The van der Waals surface area contributed by atoms with Gasteiger partial charge >= 0.3 is 0 Å². The summed E-state index contributed by atoms with van der Waals surface area (Å²) in [5.41, 5.74) is -0.162. The fraction of sp³-hybridized carbons (Fsp3) is 0.700. The molecular formula is C10H19ClN2O. The molecule has 0 aromatic rings. The van der Waals surface area contributed by atoms with Crippen LogP contribution in [0.1, 0.15) is 20.8 Å². The van der Waals surface area contributed by atoms with Crippen LogP contribution < -0.4 is 10.6 Å². The van der Waals surface area contributed by atoms with Gasteiger partial charge in [-0.1, -0.05) is 12.2 Å². The lowest BCUT2D eigenvalue weighted by Gasteiger charge is -2.20. The number of hydrogen-bond donors (Lipinski definition) is 2. The molecule has 0 aromatic carbocycles. The third-order valence-electron chi connectivity index (χ3n) is 1.32. The lowest BCUT2D eigenvalue weighted by molar-refractivity contribution is -0.121. The van der Waals surface area contributed by atoms with Crippen LogP contribution in [0, 0.1) is 0 Å². The number of halogens is 1. The third kappa shape index (κ3) is 9.55. The maximum atomic E-state index is 11.3. The fourth-order valence-electron chi connectivity index (χ4n) is 0.878. The molecule has 82 valence electrons. The van der Waals surface area contributed by atoms with Crippen molar-refractivity contribution in [1.29, 1.82) is 0 Å². The Morgan fingerprint density at radius 3 is 2.50 bits per heavy atom. The molecule has 0 saturated heterocycles. The van der Waals surface area contributed by atoms with Crippen molar-refractivity contribution in [3.63, 3.8) is 0 Å². The van der Waals surface area contributed by atoms with Gasteiger partial charge in [-0.15, -0.1) is 11.6 Å². The van der Waals surface area contributed by atoms with E-state index in [4.69, 9.17) is 11.6 Å². The summed E-state index contributed by atoms with van der Waals surface area (Å²) in [6.07, 6.45) is 3.74. The van der Waals surface area contributed by atoms with Crippen LogP contribution in [0.5, 0.6) is 0 Å². The van der Waals surface area contributed by atoms with E-state index >= 15 is 0 Å². The molecule has 0 saturated carbocycles. The predicted octanol–water partition coefficient (Wildman–Crippen LogP) is 1.29. The van der Waals surface area contributed by atoms with Crippen LogP contribution in [-0.4, -0.2) is 30.4 Å². The van der Waals surface area contributed by atoms with Gasteiger partial charge in [0.15, 0.2) is 0 Å². The van der Waals surface area contributed by atoms with E-state index < -0.39 is 0 Å². The molecule has 0 aliphatic heterocycles. The molecule has 0 atom stereocenters. The van der Waals surface area contributed by atoms with E-state index in [2.05, 4.69) is 10.6 Å². The van der Waals surface area contributed by atoms with Gasteiger partial charge in [0.1, 0.15) is 0 Å². The Bertz CT molecular complexity index is 197. The zero-order valence-electron chi connectivity index (χ0n) is 9.06. The number of alkyl halides is 1. The van der Waals surface area contributed by atoms with Crippen molar-refractivity contribution >= 4 is 17.5 Å². The quantitative estimate of drug-likeness (QED) is 0.415. The summed E-state index contributed by atoms with van der Waals surface area (Å²) < 4.78 is 0. The molecule has 14 heavy (non-hydrogen) atoms. The van der Waals surface area contributed by atoms with E-state index in [1.165, 1.54) is 0 Å². The SMILES string of the molecule is CC(C)(C)NC(=O)CNC/C=C/CCl. The Labute approximate surface area is 90.9 Å². The lowest BCUT2D eigenvalue weighted by atomic mass is 10.1. The average Bonchev–Trinajstić information content (AvgIpc) is 2.00. The third-order valence-corrected chi connectivity index (χ3v) is 1.50. The number of amides is 1. The van der Waals surface area contributed by atoms with Crippen molar-refractivity contribution in [2.24, 2.45) is 0 Å². The van der Waals surface area contributed by atoms with E-state index in [0.29, 0.717) is 19.0 Å². The maximum absolute atomic E-state index is 11.3. The molecule has 0 bridgehead atoms. The second-order valence-electron chi connectivity index (χ2n) is 4.05. The number of allylic oxidation sites excluding steroid dienone is 1. The van der Waals surface area contributed by atoms with Gasteiger partial charge < -0.3 is 10.6 Å². The zero-order valence-corrected chi connectivity index (χ0v) is 9.82. The number of carbonyl (C=O) groups is 1. The summed E-state index contributed by atoms with van der Waals surface area (Å²) in [5.74, 6) is 0.521. The summed E-state index contributed by atoms with van der Waals surface area (Å²) in [5, 5.41) is 5.84. The van der Waals surface area contributed by atoms with Crippen molar-refractivity contribution in [3.8, 4) is 0 Å². The van der Waals surface area contributed by atoms with Crippen LogP contribution in [0.2, 0.25) is 0 Å². The van der Waals surface area contributed by atoms with Gasteiger partial charge in [-0.25, -0.2) is 0 Å². The highest BCUT2D eigenvalue weighted by molar-refractivity contribution is 6.18. The van der Waals surface area contributed by atoms with Crippen LogP contribution in [-0.2, 0) is 4.79 Å². The summed E-state index contributed by atoms with van der Waals surface area (Å²) in [7, 11) is 0. The van der Waals surface area contributed by atoms with Crippen molar-refractivity contribution in [2.75, 3.05) is 19.0 Å². The van der Waals surface area contributed by atoms with Crippen molar-refractivity contribution < 1.29 is 4.79 Å². The molecule has 2 N–H and O–H groups in total. The van der Waals surface area contributed by atoms with Crippen LogP contribution >= 0.6 is 11.6 Å². The van der Waals surface area contributed by atoms with Crippen LogP contribution in [0.15, 0.2) is 12.2 Å². The Balaban J connectivity index is 3.50. The van der Waals surface area contributed by atoms with E-state index in [1.54, 1.807) is 0 Å². The molecule has 4 heteroatoms. The van der Waals surface area contributed by atoms with Crippen LogP contribution in [0.3, 0.4) is 0 Å². The molecule has 1 amide bonds. The van der Waals surface area contributed by atoms with Gasteiger partial charge in [0.25, 0.3) is 0 Å². The lowest BCUT2D eigenvalue weighted by Crippen LogP contribution is -2.44. The Hall–Kier alpha value is -0.540. The van der Waals surface area contributed by atoms with Gasteiger partial charge in [0.2, 0.25) is 5.91 Å². The Kier molecular flexibility index (Phi) is 6.58. The first-order valence-electron chi connectivity index (χ1n) is 4.68. The first kappa shape index (κ1) is 13.5. The number of carbonyl (C=O) groups excluding carboxylic acids is 1. The highest BCUT2D eigenvalue weighted by Crippen LogP contribution is 1.96. The monoisotopic (exact) mass is 218 g/mol. The smallest absolute Gasteiger partial charge is 0.234 e. The van der Waals surface area contributed by atoms with Gasteiger partial charge in [-0.05, 0) is 20.8 Å². The van der Waals surface area contributed by atoms with E-state index in [0.717, 1.165) is 0 Å². The summed E-state index contributed by atoms with van der Waals surface area (Å²) in [4.78, 5) is 11.3. The first-order chi connectivity index (χ1) is 6.45. The fourth-order valence-corrected chi connectivity index (χ4v) is 1.00. The topological polar surface area (TPSA) is 41.1 Å². The molecule has 0 rings (SSSR count). The molecule has 0 radical (unpaired) electrons. The second-order valence-corrected chi connectivity index (χ2v) is 4.36. The molecular weight excluding hydrogens is 200 g/mol. The van der Waals surface area contributed by atoms with Gasteiger partial charge in [-0.3, -0.25) is 4.79 Å². The highest BCUT2D eigenvalue weighted by atomic mass is 35.5. The van der Waals surface area contributed by atoms with Gasteiger partial charge in [0, 0.05) is 18.0 Å². The second kappa shape index (κ2) is 6.85. The Morgan fingerprint density at radius 2 is 2.00 bits per heavy atom. The molecule has 0 heterocycles. The highest BCUT2D eigenvalue weighted by Gasteiger charge is 2.12. The number of hydrogen-bond acceptors (Lipinski definition) is 2. The van der Waals surface area contributed by atoms with E-state index in [1.807, 2.05) is 32.9 Å². The molecule has 0 aliphatic carbocycles. The Morgan fingerprint density at radius 1 is 1.36 bits per heavy atom. The molecule has 0 aromatic heterocycles. The predicted molar refractivity (Wildman–Crippen MR) is 60.6 cm³/mol. The normalized spacial score (nSPS) is 12.0. The summed E-state index contributed by atoms with van der Waals surface area (Å²) in [6.45, 7) is 6.88. The molecule has 3 nitrogen and oxygen atoms in total. The molecule has 0 fully saturated rings. The van der Waals surface area contributed by atoms with Crippen molar-refractivity contribution in [2.45, 2.75) is 26.3 Å². The van der Waals surface area contributed by atoms with E-state index in [-0.39, 0.29) is 11.4 Å². The minimum Gasteiger partial charge on any atom is -0.350 e. The number of nitrogens with one attached hydrogen (secondary N) is 2. The van der Waals surface area contributed by atoms with Gasteiger partial charge in [0.05, 0.1) is 6.54 Å². The summed E-state index contributed by atoms with van der Waals surface area (Å²) in [6, 6.07) is 0.